The number of aliphatic hydroxyl groups is 1. The summed E-state index contributed by atoms with van der Waals surface area (Å²) in [7, 11) is 0. The van der Waals surface area contributed by atoms with Gasteiger partial charge in [0.1, 0.15) is 0 Å². The van der Waals surface area contributed by atoms with Crippen molar-refractivity contribution in [3.8, 4) is 0 Å². The first-order chi connectivity index (χ1) is 4.74. The predicted octanol–water partition coefficient (Wildman–Crippen LogP) is -0.959. The summed E-state index contributed by atoms with van der Waals surface area (Å²) < 4.78 is 0. The van der Waals surface area contributed by atoms with Crippen LogP contribution in [0.15, 0.2) is 0 Å². The minimum atomic E-state index is -0.775. The highest BCUT2D eigenvalue weighted by molar-refractivity contribution is 5.70. The lowest BCUT2D eigenvalue weighted by Crippen LogP contribution is -2.24. The molecule has 1 fully saturated rings. The monoisotopic (exact) mass is 145 g/mol. The van der Waals surface area contributed by atoms with E-state index in [-0.39, 0.29) is 18.6 Å². The van der Waals surface area contributed by atoms with Gasteiger partial charge in [0.25, 0.3) is 0 Å². The molecule has 0 aliphatic carbocycles. The van der Waals surface area contributed by atoms with Gasteiger partial charge in [-0.3, -0.25) is 4.79 Å². The first kappa shape index (κ1) is 7.50. The molecular formula is C6H11NO3. The fraction of sp³-hybridized carbons (Fsp3) is 0.833. The van der Waals surface area contributed by atoms with Crippen LogP contribution in [-0.2, 0) is 4.79 Å². The molecule has 1 saturated heterocycles. The van der Waals surface area contributed by atoms with E-state index in [0.29, 0.717) is 13.0 Å². The van der Waals surface area contributed by atoms with Gasteiger partial charge >= 0.3 is 5.97 Å². The van der Waals surface area contributed by atoms with Gasteiger partial charge in [0.15, 0.2) is 0 Å². The second kappa shape index (κ2) is 2.98. The summed E-state index contributed by atoms with van der Waals surface area (Å²) in [6.45, 7) is 0.518. The van der Waals surface area contributed by atoms with Crippen LogP contribution in [0.4, 0.5) is 0 Å². The third-order valence-corrected chi connectivity index (χ3v) is 1.79. The molecule has 0 aromatic carbocycles. The van der Waals surface area contributed by atoms with Crippen molar-refractivity contribution in [1.29, 1.82) is 0 Å². The quantitative estimate of drug-likeness (QED) is 0.468. The Morgan fingerprint density at radius 1 is 1.70 bits per heavy atom. The van der Waals surface area contributed by atoms with Crippen LogP contribution in [0, 0.1) is 5.92 Å². The van der Waals surface area contributed by atoms with Crippen molar-refractivity contribution in [2.75, 3.05) is 13.2 Å². The molecule has 2 atom stereocenters. The SMILES string of the molecule is O=C(O)C1CNC(CO)C1. The van der Waals surface area contributed by atoms with Gasteiger partial charge in [0.05, 0.1) is 12.5 Å². The Bertz CT molecular complexity index is 137. The second-order valence-electron chi connectivity index (χ2n) is 2.56. The zero-order chi connectivity index (χ0) is 7.56. The van der Waals surface area contributed by atoms with Gasteiger partial charge in [-0.05, 0) is 6.42 Å². The maximum Gasteiger partial charge on any atom is 0.307 e. The summed E-state index contributed by atoms with van der Waals surface area (Å²) >= 11 is 0. The van der Waals surface area contributed by atoms with Crippen LogP contribution in [0.25, 0.3) is 0 Å². The molecule has 0 aromatic rings. The molecule has 2 unspecified atom stereocenters. The van der Waals surface area contributed by atoms with E-state index in [1.807, 2.05) is 0 Å². The van der Waals surface area contributed by atoms with Crippen molar-refractivity contribution in [3.05, 3.63) is 0 Å². The summed E-state index contributed by atoms with van der Waals surface area (Å²) in [6.07, 6.45) is 0.547. The summed E-state index contributed by atoms with van der Waals surface area (Å²) in [5.41, 5.74) is 0. The molecule has 1 heterocycles. The lowest BCUT2D eigenvalue weighted by Gasteiger charge is -2.02. The number of hydrogen-bond acceptors (Lipinski definition) is 3. The molecule has 1 aliphatic heterocycles. The number of carboxylic acid groups (broad SMARTS) is 1. The third-order valence-electron chi connectivity index (χ3n) is 1.79. The normalized spacial score (nSPS) is 32.5. The fourth-order valence-corrected chi connectivity index (χ4v) is 1.15. The van der Waals surface area contributed by atoms with Gasteiger partial charge in [0.2, 0.25) is 0 Å². The molecule has 4 heteroatoms. The summed E-state index contributed by atoms with van der Waals surface area (Å²) in [6, 6.07) is -0.0129. The zero-order valence-corrected chi connectivity index (χ0v) is 5.58. The van der Waals surface area contributed by atoms with Crippen molar-refractivity contribution in [3.63, 3.8) is 0 Å². The van der Waals surface area contributed by atoms with Crippen LogP contribution < -0.4 is 5.32 Å². The second-order valence-corrected chi connectivity index (χ2v) is 2.56. The Hall–Kier alpha value is -0.610. The standard InChI is InChI=1S/C6H11NO3/c8-3-5-1-4(2-7-5)6(9)10/h4-5,7-8H,1-3H2,(H,9,10). The Kier molecular flexibility index (Phi) is 2.24. The number of aliphatic carboxylic acids is 1. The van der Waals surface area contributed by atoms with E-state index in [0.717, 1.165) is 0 Å². The number of nitrogens with one attached hydrogen (secondary N) is 1. The van der Waals surface area contributed by atoms with Crippen LogP contribution in [0.1, 0.15) is 6.42 Å². The van der Waals surface area contributed by atoms with Crippen molar-refractivity contribution in [2.45, 2.75) is 12.5 Å². The van der Waals surface area contributed by atoms with Crippen LogP contribution >= 0.6 is 0 Å². The molecule has 10 heavy (non-hydrogen) atoms. The molecule has 0 saturated carbocycles. The smallest absolute Gasteiger partial charge is 0.307 e. The highest BCUT2D eigenvalue weighted by Crippen LogP contribution is 2.12. The number of hydrogen-bond donors (Lipinski definition) is 3. The van der Waals surface area contributed by atoms with Crippen LogP contribution in [0.2, 0.25) is 0 Å². The maximum atomic E-state index is 10.3. The van der Waals surface area contributed by atoms with Gasteiger partial charge in [0, 0.05) is 12.6 Å². The first-order valence-corrected chi connectivity index (χ1v) is 3.31. The molecule has 3 N–H and O–H groups in total. The van der Waals surface area contributed by atoms with Crippen LogP contribution in [0.5, 0.6) is 0 Å². The average Bonchev–Trinajstić information content (AvgIpc) is 2.34. The molecule has 0 amide bonds. The van der Waals surface area contributed by atoms with Gasteiger partial charge in [-0.2, -0.15) is 0 Å². The highest BCUT2D eigenvalue weighted by atomic mass is 16.4. The first-order valence-electron chi connectivity index (χ1n) is 3.31. The molecule has 58 valence electrons. The molecule has 1 rings (SSSR count). The van der Waals surface area contributed by atoms with E-state index in [2.05, 4.69) is 5.32 Å². The van der Waals surface area contributed by atoms with Gasteiger partial charge in [-0.25, -0.2) is 0 Å². The van der Waals surface area contributed by atoms with Crippen LogP contribution in [-0.4, -0.2) is 35.4 Å². The number of aliphatic hydroxyl groups excluding tert-OH is 1. The van der Waals surface area contributed by atoms with E-state index in [1.165, 1.54) is 0 Å². The fourth-order valence-electron chi connectivity index (χ4n) is 1.15. The summed E-state index contributed by atoms with van der Waals surface area (Å²) in [5, 5.41) is 20.0. The molecule has 4 nitrogen and oxygen atoms in total. The topological polar surface area (TPSA) is 69.6 Å². The number of carbonyl (C=O) groups is 1. The Morgan fingerprint density at radius 2 is 2.40 bits per heavy atom. The maximum absolute atomic E-state index is 10.3. The summed E-state index contributed by atoms with van der Waals surface area (Å²) in [4.78, 5) is 10.3. The van der Waals surface area contributed by atoms with Gasteiger partial charge in [-0.15, -0.1) is 0 Å². The third kappa shape index (κ3) is 1.46. The average molecular weight is 145 g/mol. The van der Waals surface area contributed by atoms with E-state index in [9.17, 15) is 4.79 Å². The predicted molar refractivity (Wildman–Crippen MR) is 34.6 cm³/mol. The Labute approximate surface area is 58.9 Å². The number of rotatable bonds is 2. The summed E-state index contributed by atoms with van der Waals surface area (Å²) in [5.74, 6) is -1.08. The van der Waals surface area contributed by atoms with Crippen molar-refractivity contribution >= 4 is 5.97 Å². The molecule has 0 bridgehead atoms. The van der Waals surface area contributed by atoms with Crippen molar-refractivity contribution < 1.29 is 15.0 Å². The van der Waals surface area contributed by atoms with Crippen molar-refractivity contribution in [2.24, 2.45) is 5.92 Å². The molecule has 0 radical (unpaired) electrons. The highest BCUT2D eigenvalue weighted by Gasteiger charge is 2.28. The minimum absolute atomic E-state index is 0.0129. The molecular weight excluding hydrogens is 134 g/mol. The number of carboxylic acids is 1. The van der Waals surface area contributed by atoms with E-state index in [4.69, 9.17) is 10.2 Å². The lowest BCUT2D eigenvalue weighted by atomic mass is 10.1. The molecule has 0 spiro atoms. The van der Waals surface area contributed by atoms with E-state index in [1.54, 1.807) is 0 Å². The van der Waals surface area contributed by atoms with Gasteiger partial charge < -0.3 is 15.5 Å². The van der Waals surface area contributed by atoms with Crippen LogP contribution in [0.3, 0.4) is 0 Å². The van der Waals surface area contributed by atoms with Crippen molar-refractivity contribution in [1.82, 2.24) is 5.32 Å². The van der Waals surface area contributed by atoms with E-state index >= 15 is 0 Å². The molecule has 1 aliphatic rings. The molecule has 0 aromatic heterocycles. The van der Waals surface area contributed by atoms with E-state index < -0.39 is 5.97 Å². The Morgan fingerprint density at radius 3 is 2.70 bits per heavy atom. The van der Waals surface area contributed by atoms with Gasteiger partial charge in [-0.1, -0.05) is 0 Å². The lowest BCUT2D eigenvalue weighted by molar-refractivity contribution is -0.141. The zero-order valence-electron chi connectivity index (χ0n) is 5.58. The minimum Gasteiger partial charge on any atom is -0.481 e. The largest absolute Gasteiger partial charge is 0.481 e. The Balaban J connectivity index is 2.35.